The number of benzene rings is 2. The summed E-state index contributed by atoms with van der Waals surface area (Å²) in [6.07, 6.45) is 4.84. The molecule has 0 atom stereocenters. The van der Waals surface area contributed by atoms with Crippen LogP contribution in [0.25, 0.3) is 10.8 Å². The van der Waals surface area contributed by atoms with Crippen LogP contribution in [0.4, 0.5) is 0 Å². The van der Waals surface area contributed by atoms with E-state index in [1.54, 1.807) is 0 Å². The zero-order valence-corrected chi connectivity index (χ0v) is 18.0. The largest absolute Gasteiger partial charge is 0.349 e. The van der Waals surface area contributed by atoms with Gasteiger partial charge in [0.1, 0.15) is 0 Å². The minimum atomic E-state index is -0.145. The molecule has 1 amide bonds. The van der Waals surface area contributed by atoms with Crippen molar-refractivity contribution in [3.63, 3.8) is 0 Å². The molecule has 2 aromatic carbocycles. The number of nitrogens with zero attached hydrogens (tertiary/aromatic N) is 1. The van der Waals surface area contributed by atoms with Crippen LogP contribution in [0.15, 0.2) is 57.8 Å². The van der Waals surface area contributed by atoms with E-state index in [-0.39, 0.29) is 22.9 Å². The van der Waals surface area contributed by atoms with Crippen molar-refractivity contribution in [1.82, 2.24) is 15.5 Å². The molecule has 29 heavy (non-hydrogen) atoms. The molecule has 150 valence electrons. The van der Waals surface area contributed by atoms with Crippen molar-refractivity contribution in [3.05, 3.63) is 74.6 Å². The number of hydrogen-bond donors (Lipinski definition) is 2. The van der Waals surface area contributed by atoms with E-state index in [0.29, 0.717) is 10.9 Å². The Kier molecular flexibility index (Phi) is 5.54. The van der Waals surface area contributed by atoms with Crippen molar-refractivity contribution in [2.75, 3.05) is 0 Å². The number of aromatic nitrogens is 2. The molecule has 6 heteroatoms. The SMILES string of the molecule is CCC1(CCc2n[nH]c(=O)c3ccccc23)CC(NC(=O)c2ccc(Br)cc2)C1. The number of halogens is 1. The lowest BCUT2D eigenvalue weighted by molar-refractivity contribution is 0.0571. The Hall–Kier alpha value is -2.47. The number of carbonyl (C=O) groups is 1. The first-order valence-electron chi connectivity index (χ1n) is 10.0. The summed E-state index contributed by atoms with van der Waals surface area (Å²) in [5.74, 6) is -0.0134. The van der Waals surface area contributed by atoms with Crippen LogP contribution in [0.2, 0.25) is 0 Å². The molecule has 5 nitrogen and oxygen atoms in total. The molecule has 1 heterocycles. The third kappa shape index (κ3) is 4.13. The standard InChI is InChI=1S/C23H24BrN3O2/c1-2-23(12-11-20-18-5-3-4-6-19(18)22(29)27-26-20)13-17(14-23)25-21(28)15-7-9-16(24)10-8-15/h3-10,17H,2,11-14H2,1H3,(H,25,28)(H,27,29). The number of hydrogen-bond acceptors (Lipinski definition) is 3. The molecular weight excluding hydrogens is 430 g/mol. The fourth-order valence-corrected chi connectivity index (χ4v) is 4.64. The van der Waals surface area contributed by atoms with Gasteiger partial charge < -0.3 is 5.32 Å². The van der Waals surface area contributed by atoms with Gasteiger partial charge in [-0.25, -0.2) is 5.10 Å². The second-order valence-electron chi connectivity index (χ2n) is 7.98. The van der Waals surface area contributed by atoms with Crippen LogP contribution < -0.4 is 10.9 Å². The smallest absolute Gasteiger partial charge is 0.272 e. The van der Waals surface area contributed by atoms with Gasteiger partial charge in [0.05, 0.1) is 11.1 Å². The van der Waals surface area contributed by atoms with E-state index < -0.39 is 0 Å². The van der Waals surface area contributed by atoms with Gasteiger partial charge in [-0.15, -0.1) is 0 Å². The fourth-order valence-electron chi connectivity index (χ4n) is 4.37. The average molecular weight is 454 g/mol. The monoisotopic (exact) mass is 453 g/mol. The highest BCUT2D eigenvalue weighted by Gasteiger charge is 2.43. The Morgan fingerprint density at radius 3 is 2.55 bits per heavy atom. The zero-order chi connectivity index (χ0) is 20.4. The second kappa shape index (κ2) is 8.11. The molecule has 4 rings (SSSR count). The van der Waals surface area contributed by atoms with Gasteiger partial charge in [0, 0.05) is 21.5 Å². The maximum absolute atomic E-state index is 12.4. The Morgan fingerprint density at radius 2 is 1.86 bits per heavy atom. The third-order valence-electron chi connectivity index (χ3n) is 6.22. The van der Waals surface area contributed by atoms with Crippen LogP contribution in [0.1, 0.15) is 48.7 Å². The number of amides is 1. The van der Waals surface area contributed by atoms with Crippen molar-refractivity contribution >= 4 is 32.6 Å². The molecule has 1 saturated carbocycles. The lowest BCUT2D eigenvalue weighted by Crippen LogP contribution is -2.50. The molecule has 0 bridgehead atoms. The van der Waals surface area contributed by atoms with Crippen LogP contribution in [0.5, 0.6) is 0 Å². The quantitative estimate of drug-likeness (QED) is 0.572. The molecule has 1 aromatic heterocycles. The molecule has 1 aliphatic rings. The summed E-state index contributed by atoms with van der Waals surface area (Å²) in [7, 11) is 0. The topological polar surface area (TPSA) is 74.8 Å². The summed E-state index contributed by atoms with van der Waals surface area (Å²) in [5, 5.41) is 11.7. The Labute approximate surface area is 178 Å². The molecule has 0 saturated heterocycles. The van der Waals surface area contributed by atoms with Crippen molar-refractivity contribution in [1.29, 1.82) is 0 Å². The highest BCUT2D eigenvalue weighted by atomic mass is 79.9. The van der Waals surface area contributed by atoms with Crippen molar-refractivity contribution in [3.8, 4) is 0 Å². The minimum Gasteiger partial charge on any atom is -0.349 e. The summed E-state index contributed by atoms with van der Waals surface area (Å²) < 4.78 is 0.964. The molecule has 1 fully saturated rings. The van der Waals surface area contributed by atoms with Crippen molar-refractivity contribution in [2.24, 2.45) is 5.41 Å². The molecule has 0 aliphatic heterocycles. The van der Waals surface area contributed by atoms with Gasteiger partial charge in [-0.1, -0.05) is 47.5 Å². The Morgan fingerprint density at radius 1 is 1.17 bits per heavy atom. The lowest BCUT2D eigenvalue weighted by Gasteiger charge is -2.48. The first-order valence-corrected chi connectivity index (χ1v) is 10.8. The maximum Gasteiger partial charge on any atom is 0.272 e. The number of nitrogens with one attached hydrogen (secondary N) is 2. The van der Waals surface area contributed by atoms with Crippen LogP contribution in [0.3, 0.4) is 0 Å². The summed E-state index contributed by atoms with van der Waals surface area (Å²) in [6.45, 7) is 2.21. The number of aromatic amines is 1. The molecule has 0 unspecified atom stereocenters. The molecule has 3 aromatic rings. The number of H-pyrrole nitrogens is 1. The van der Waals surface area contributed by atoms with Crippen LogP contribution in [-0.4, -0.2) is 22.1 Å². The Bertz CT molecular complexity index is 1090. The molecular formula is C23H24BrN3O2. The van der Waals surface area contributed by atoms with E-state index in [1.807, 2.05) is 48.5 Å². The first-order chi connectivity index (χ1) is 14.0. The van der Waals surface area contributed by atoms with Crippen molar-refractivity contribution < 1.29 is 4.79 Å². The average Bonchev–Trinajstić information content (AvgIpc) is 2.71. The van der Waals surface area contributed by atoms with Gasteiger partial charge in [-0.2, -0.15) is 5.10 Å². The predicted octanol–water partition coefficient (Wildman–Crippen LogP) is 4.61. The second-order valence-corrected chi connectivity index (χ2v) is 8.90. The van der Waals surface area contributed by atoms with Gasteiger partial charge in [0.2, 0.25) is 0 Å². The van der Waals surface area contributed by atoms with Gasteiger partial charge in [0.15, 0.2) is 0 Å². The van der Waals surface area contributed by atoms with Crippen LogP contribution >= 0.6 is 15.9 Å². The number of aryl methyl sites for hydroxylation is 1. The van der Waals surface area contributed by atoms with Gasteiger partial charge in [0.25, 0.3) is 11.5 Å². The van der Waals surface area contributed by atoms with Gasteiger partial charge in [-0.3, -0.25) is 9.59 Å². The van der Waals surface area contributed by atoms with Gasteiger partial charge in [-0.05, 0) is 61.4 Å². The number of rotatable bonds is 6. The highest BCUT2D eigenvalue weighted by molar-refractivity contribution is 9.10. The third-order valence-corrected chi connectivity index (χ3v) is 6.75. The lowest BCUT2D eigenvalue weighted by atomic mass is 9.61. The van der Waals surface area contributed by atoms with E-state index in [0.717, 1.165) is 47.7 Å². The van der Waals surface area contributed by atoms with E-state index in [1.165, 1.54) is 0 Å². The molecule has 2 N–H and O–H groups in total. The first kappa shape index (κ1) is 19.8. The molecule has 0 spiro atoms. The number of fused-ring (bicyclic) bond motifs is 1. The van der Waals surface area contributed by atoms with E-state index in [2.05, 4.69) is 38.4 Å². The van der Waals surface area contributed by atoms with Crippen molar-refractivity contribution in [2.45, 2.75) is 45.1 Å². The van der Waals surface area contributed by atoms with Gasteiger partial charge >= 0.3 is 0 Å². The molecule has 0 radical (unpaired) electrons. The van der Waals surface area contributed by atoms with E-state index >= 15 is 0 Å². The summed E-state index contributed by atoms with van der Waals surface area (Å²) >= 11 is 3.39. The fraction of sp³-hybridized carbons (Fsp3) is 0.348. The van der Waals surface area contributed by atoms with Crippen LogP contribution in [-0.2, 0) is 6.42 Å². The summed E-state index contributed by atoms with van der Waals surface area (Å²) in [5.41, 5.74) is 1.70. The Balaban J connectivity index is 1.38. The maximum atomic E-state index is 12.4. The van der Waals surface area contributed by atoms with E-state index in [9.17, 15) is 9.59 Å². The zero-order valence-electron chi connectivity index (χ0n) is 16.4. The summed E-state index contributed by atoms with van der Waals surface area (Å²) in [4.78, 5) is 24.4. The number of carbonyl (C=O) groups excluding carboxylic acids is 1. The normalized spacial score (nSPS) is 21.0. The highest BCUT2D eigenvalue weighted by Crippen LogP contribution is 2.47. The minimum absolute atomic E-state index is 0.0134. The van der Waals surface area contributed by atoms with Crippen LogP contribution in [0, 0.1) is 5.41 Å². The molecule has 1 aliphatic carbocycles. The van der Waals surface area contributed by atoms with E-state index in [4.69, 9.17) is 0 Å². The summed E-state index contributed by atoms with van der Waals surface area (Å²) in [6, 6.07) is 15.3. The predicted molar refractivity (Wildman–Crippen MR) is 118 cm³/mol.